The average molecular weight is 306 g/mol. The van der Waals surface area contributed by atoms with Crippen molar-refractivity contribution in [1.82, 2.24) is 4.72 Å². The van der Waals surface area contributed by atoms with E-state index >= 15 is 0 Å². The topological polar surface area (TPSA) is 46.2 Å². The van der Waals surface area contributed by atoms with Crippen LogP contribution in [0.25, 0.3) is 0 Å². The van der Waals surface area contributed by atoms with Gasteiger partial charge in [0.1, 0.15) is 4.66 Å². The summed E-state index contributed by atoms with van der Waals surface area (Å²) in [5.74, 6) is 0. The fraction of sp³-hybridized carbons (Fsp3) is 0.455. The molecule has 0 saturated heterocycles. The Hall–Kier alpha value is -0.390. The number of rotatable bonds is 5. The summed E-state index contributed by atoms with van der Waals surface area (Å²) in [7, 11) is -3.22. The number of nitrogens with one attached hydrogen (secondary N) is 1. The second-order valence-corrected chi connectivity index (χ2v) is 6.77. The number of halogens is 1. The Kier molecular flexibility index (Phi) is 4.95. The second-order valence-electron chi connectivity index (χ2n) is 3.71. The van der Waals surface area contributed by atoms with Gasteiger partial charge in [0, 0.05) is 6.04 Å². The molecule has 0 aromatic heterocycles. The molecular weight excluding hydrogens is 290 g/mol. The largest absolute Gasteiger partial charge is 0.222 e. The minimum atomic E-state index is -3.22. The molecule has 1 unspecified atom stereocenters. The van der Waals surface area contributed by atoms with E-state index in [1.54, 1.807) is 0 Å². The van der Waals surface area contributed by atoms with Crippen LogP contribution in [0.3, 0.4) is 0 Å². The fourth-order valence-corrected chi connectivity index (χ4v) is 2.63. The maximum absolute atomic E-state index is 11.5. The van der Waals surface area contributed by atoms with Gasteiger partial charge in [-0.3, -0.25) is 0 Å². The first-order valence-electron chi connectivity index (χ1n) is 5.11. The van der Waals surface area contributed by atoms with Gasteiger partial charge >= 0.3 is 0 Å². The summed E-state index contributed by atoms with van der Waals surface area (Å²) >= 11 is 2.96. The third-order valence-electron chi connectivity index (χ3n) is 2.35. The first-order chi connectivity index (χ1) is 7.48. The SMILES string of the molecule is CCC(NS(=O)(=O)CBr)c1ccc(C)cc1. The monoisotopic (exact) mass is 305 g/mol. The Bertz CT molecular complexity index is 428. The second kappa shape index (κ2) is 5.80. The molecule has 0 aliphatic rings. The van der Waals surface area contributed by atoms with E-state index in [1.165, 1.54) is 5.56 Å². The quantitative estimate of drug-likeness (QED) is 0.850. The van der Waals surface area contributed by atoms with Crippen LogP contribution >= 0.6 is 15.9 Å². The summed E-state index contributed by atoms with van der Waals surface area (Å²) in [5, 5.41) is 0. The molecule has 0 bridgehead atoms. The lowest BCUT2D eigenvalue weighted by Crippen LogP contribution is -2.28. The van der Waals surface area contributed by atoms with Crippen molar-refractivity contribution in [2.75, 3.05) is 4.66 Å². The number of hydrogen-bond acceptors (Lipinski definition) is 2. The van der Waals surface area contributed by atoms with Gasteiger partial charge < -0.3 is 0 Å². The predicted molar refractivity (Wildman–Crippen MR) is 70.1 cm³/mol. The molecule has 1 aromatic rings. The zero-order valence-electron chi connectivity index (χ0n) is 9.40. The van der Waals surface area contributed by atoms with Crippen LogP contribution in [-0.2, 0) is 10.0 Å². The smallest absolute Gasteiger partial charge is 0.212 e. The Labute approximate surface area is 105 Å². The summed E-state index contributed by atoms with van der Waals surface area (Å²) in [6, 6.07) is 7.74. The highest BCUT2D eigenvalue weighted by molar-refractivity contribution is 9.10. The zero-order chi connectivity index (χ0) is 12.2. The van der Waals surface area contributed by atoms with Crippen LogP contribution in [0.2, 0.25) is 0 Å². The molecule has 90 valence electrons. The molecule has 0 fully saturated rings. The molecule has 1 rings (SSSR count). The van der Waals surface area contributed by atoms with Crippen LogP contribution in [0.4, 0.5) is 0 Å². The molecule has 0 aliphatic carbocycles. The molecule has 0 amide bonds. The lowest BCUT2D eigenvalue weighted by atomic mass is 10.0. The summed E-state index contributed by atoms with van der Waals surface area (Å²) < 4.78 is 25.5. The van der Waals surface area contributed by atoms with Crippen molar-refractivity contribution in [3.8, 4) is 0 Å². The van der Waals surface area contributed by atoms with Gasteiger partial charge in [-0.1, -0.05) is 52.7 Å². The van der Waals surface area contributed by atoms with E-state index in [1.807, 2.05) is 38.1 Å². The summed E-state index contributed by atoms with van der Waals surface area (Å²) in [4.78, 5) is 0. The van der Waals surface area contributed by atoms with Crippen molar-refractivity contribution in [3.63, 3.8) is 0 Å². The fourth-order valence-electron chi connectivity index (χ4n) is 1.43. The third kappa shape index (κ3) is 3.88. The highest BCUT2D eigenvalue weighted by atomic mass is 79.9. The van der Waals surface area contributed by atoms with Gasteiger partial charge in [-0.15, -0.1) is 0 Å². The van der Waals surface area contributed by atoms with Gasteiger partial charge in [-0.05, 0) is 18.9 Å². The van der Waals surface area contributed by atoms with Gasteiger partial charge in [0.2, 0.25) is 10.0 Å². The van der Waals surface area contributed by atoms with Crippen LogP contribution in [0.5, 0.6) is 0 Å². The van der Waals surface area contributed by atoms with Gasteiger partial charge in [-0.25, -0.2) is 13.1 Å². The maximum atomic E-state index is 11.5. The first-order valence-corrected chi connectivity index (χ1v) is 7.88. The number of hydrogen-bond donors (Lipinski definition) is 1. The average Bonchev–Trinajstić information content (AvgIpc) is 2.27. The van der Waals surface area contributed by atoms with E-state index in [-0.39, 0.29) is 10.7 Å². The van der Waals surface area contributed by atoms with Gasteiger partial charge in [0.25, 0.3) is 0 Å². The third-order valence-corrected chi connectivity index (χ3v) is 5.09. The van der Waals surface area contributed by atoms with E-state index in [2.05, 4.69) is 20.7 Å². The summed E-state index contributed by atoms with van der Waals surface area (Å²) in [6.07, 6.45) is 0.731. The molecule has 5 heteroatoms. The van der Waals surface area contributed by atoms with Crippen LogP contribution in [-0.4, -0.2) is 13.1 Å². The minimum Gasteiger partial charge on any atom is -0.212 e. The van der Waals surface area contributed by atoms with Crippen LogP contribution in [0, 0.1) is 6.92 Å². The molecule has 0 radical (unpaired) electrons. The molecule has 1 atom stereocenters. The molecule has 3 nitrogen and oxygen atoms in total. The molecule has 16 heavy (non-hydrogen) atoms. The highest BCUT2D eigenvalue weighted by Gasteiger charge is 2.16. The van der Waals surface area contributed by atoms with Crippen molar-refractivity contribution in [1.29, 1.82) is 0 Å². The van der Waals surface area contributed by atoms with Gasteiger partial charge in [-0.2, -0.15) is 0 Å². The predicted octanol–water partition coefficient (Wildman–Crippen LogP) is 2.72. The highest BCUT2D eigenvalue weighted by Crippen LogP contribution is 2.18. The molecule has 0 spiro atoms. The molecule has 0 aliphatic heterocycles. The van der Waals surface area contributed by atoms with E-state index in [0.717, 1.165) is 12.0 Å². The normalized spacial score (nSPS) is 13.7. The standard InChI is InChI=1S/C11H16BrNO2S/c1-3-11(13-16(14,15)8-12)10-6-4-9(2)5-7-10/h4-7,11,13H,3,8H2,1-2H3. The van der Waals surface area contributed by atoms with Crippen molar-refractivity contribution in [2.24, 2.45) is 0 Å². The molecule has 0 heterocycles. The van der Waals surface area contributed by atoms with Crippen molar-refractivity contribution in [2.45, 2.75) is 26.3 Å². The Balaban J connectivity index is 2.87. The van der Waals surface area contributed by atoms with Crippen LogP contribution in [0.1, 0.15) is 30.5 Å². The molecule has 0 saturated carbocycles. The summed E-state index contributed by atoms with van der Waals surface area (Å²) in [6.45, 7) is 3.97. The molecule has 1 N–H and O–H groups in total. The Morgan fingerprint density at radius 2 is 1.88 bits per heavy atom. The van der Waals surface area contributed by atoms with Crippen molar-refractivity contribution in [3.05, 3.63) is 35.4 Å². The Morgan fingerprint density at radius 3 is 2.31 bits per heavy atom. The van der Waals surface area contributed by atoms with Crippen LogP contribution in [0.15, 0.2) is 24.3 Å². The van der Waals surface area contributed by atoms with Crippen molar-refractivity contribution < 1.29 is 8.42 Å². The maximum Gasteiger partial charge on any atom is 0.222 e. The van der Waals surface area contributed by atoms with Gasteiger partial charge in [0.15, 0.2) is 0 Å². The zero-order valence-corrected chi connectivity index (χ0v) is 11.8. The Morgan fingerprint density at radius 1 is 1.31 bits per heavy atom. The summed E-state index contributed by atoms with van der Waals surface area (Å²) in [5.41, 5.74) is 2.17. The van der Waals surface area contributed by atoms with E-state index in [4.69, 9.17) is 0 Å². The number of alkyl halides is 1. The number of benzene rings is 1. The van der Waals surface area contributed by atoms with Gasteiger partial charge in [0.05, 0.1) is 0 Å². The van der Waals surface area contributed by atoms with E-state index in [9.17, 15) is 8.42 Å². The lowest BCUT2D eigenvalue weighted by molar-refractivity contribution is 0.555. The lowest BCUT2D eigenvalue weighted by Gasteiger charge is -2.16. The first kappa shape index (κ1) is 13.7. The van der Waals surface area contributed by atoms with E-state index < -0.39 is 10.0 Å². The molecular formula is C11H16BrNO2S. The van der Waals surface area contributed by atoms with Crippen molar-refractivity contribution >= 4 is 26.0 Å². The molecule has 1 aromatic carbocycles. The van der Waals surface area contributed by atoms with Crippen LogP contribution < -0.4 is 4.72 Å². The number of aryl methyl sites for hydroxylation is 1. The number of sulfonamides is 1. The minimum absolute atomic E-state index is 0.0671. The van der Waals surface area contributed by atoms with E-state index in [0.29, 0.717) is 0 Å².